The van der Waals surface area contributed by atoms with Gasteiger partial charge in [0.25, 0.3) is 0 Å². The summed E-state index contributed by atoms with van der Waals surface area (Å²) in [7, 11) is 0. The molecule has 6 heteroatoms. The molecule has 1 saturated carbocycles. The zero-order chi connectivity index (χ0) is 15.6. The summed E-state index contributed by atoms with van der Waals surface area (Å²) in [5, 5.41) is 8.93. The van der Waals surface area contributed by atoms with Crippen molar-refractivity contribution in [2.75, 3.05) is 6.61 Å². The first-order valence-corrected chi connectivity index (χ1v) is 8.33. The summed E-state index contributed by atoms with van der Waals surface area (Å²) in [4.78, 5) is 16.5. The summed E-state index contributed by atoms with van der Waals surface area (Å²) in [6.07, 6.45) is 1.10. The molecule has 3 unspecified atom stereocenters. The van der Waals surface area contributed by atoms with Crippen LogP contribution in [0, 0.1) is 12.3 Å². The predicted octanol–water partition coefficient (Wildman–Crippen LogP) is 3.02. The Labute approximate surface area is 130 Å². The van der Waals surface area contributed by atoms with Crippen LogP contribution >= 0.6 is 11.3 Å². The molecule has 0 bridgehead atoms. The molecule has 0 radical (unpaired) electrons. The van der Waals surface area contributed by atoms with Crippen LogP contribution in [0.15, 0.2) is 5.38 Å². The fourth-order valence-electron chi connectivity index (χ4n) is 2.64. The molecular weight excluding hydrogens is 286 g/mol. The van der Waals surface area contributed by atoms with Crippen LogP contribution in [0.1, 0.15) is 50.9 Å². The van der Waals surface area contributed by atoms with E-state index in [0.717, 1.165) is 17.1 Å². The third kappa shape index (κ3) is 3.55. The van der Waals surface area contributed by atoms with Crippen LogP contribution in [0.3, 0.4) is 0 Å². The molecule has 5 nitrogen and oxygen atoms in total. The van der Waals surface area contributed by atoms with E-state index in [0.29, 0.717) is 6.61 Å². The van der Waals surface area contributed by atoms with Crippen molar-refractivity contribution < 1.29 is 9.53 Å². The number of hydrogen-bond acceptors (Lipinski definition) is 4. The van der Waals surface area contributed by atoms with Gasteiger partial charge in [0.1, 0.15) is 5.01 Å². The largest absolute Gasteiger partial charge is 0.378 e. The summed E-state index contributed by atoms with van der Waals surface area (Å²) < 4.78 is 5.68. The minimum Gasteiger partial charge on any atom is -0.378 e. The lowest BCUT2D eigenvalue weighted by atomic mass is 9.64. The highest BCUT2D eigenvalue weighted by molar-refractivity contribution is 7.09. The van der Waals surface area contributed by atoms with Crippen LogP contribution in [0.2, 0.25) is 0 Å². The van der Waals surface area contributed by atoms with Crippen molar-refractivity contribution in [1.29, 1.82) is 0 Å². The number of nitrogens with one attached hydrogen (secondary N) is 2. The number of amides is 2. The maximum Gasteiger partial charge on any atom is 0.315 e. The standard InChI is InChI=1S/C15H25N3O2S/c1-6-20-12-7-11(15(12,4)5)18-14(19)17-10(3)13-16-9(2)8-21-13/h8,10-12H,6-7H2,1-5H3,(H2,17,18,19). The van der Waals surface area contributed by atoms with Crippen molar-refractivity contribution in [3.05, 3.63) is 16.1 Å². The van der Waals surface area contributed by atoms with Crippen LogP contribution in [0.4, 0.5) is 4.79 Å². The summed E-state index contributed by atoms with van der Waals surface area (Å²) >= 11 is 1.57. The molecule has 1 heterocycles. The molecule has 0 aliphatic heterocycles. The zero-order valence-electron chi connectivity index (χ0n) is 13.4. The Balaban J connectivity index is 1.83. The van der Waals surface area contributed by atoms with Gasteiger partial charge in [0.15, 0.2) is 0 Å². The number of carbonyl (C=O) groups excluding carboxylic acids is 1. The van der Waals surface area contributed by atoms with Crippen LogP contribution < -0.4 is 10.6 Å². The third-order valence-electron chi connectivity index (χ3n) is 4.21. The van der Waals surface area contributed by atoms with Gasteiger partial charge in [-0.15, -0.1) is 11.3 Å². The van der Waals surface area contributed by atoms with Crippen molar-refractivity contribution in [1.82, 2.24) is 15.6 Å². The van der Waals surface area contributed by atoms with Gasteiger partial charge in [0.05, 0.1) is 12.1 Å². The molecule has 1 aliphatic rings. The Morgan fingerprint density at radius 3 is 2.86 bits per heavy atom. The van der Waals surface area contributed by atoms with Gasteiger partial charge in [0.2, 0.25) is 0 Å². The van der Waals surface area contributed by atoms with E-state index in [1.165, 1.54) is 0 Å². The number of ether oxygens (including phenoxy) is 1. The Morgan fingerprint density at radius 2 is 2.33 bits per heavy atom. The summed E-state index contributed by atoms with van der Waals surface area (Å²) in [6.45, 7) is 10.9. The molecule has 0 aromatic carbocycles. The number of aryl methyl sites for hydroxylation is 1. The molecule has 0 spiro atoms. The highest BCUT2D eigenvalue weighted by atomic mass is 32.1. The summed E-state index contributed by atoms with van der Waals surface area (Å²) in [6, 6.07) is -0.0581. The Bertz CT molecular complexity index is 501. The van der Waals surface area contributed by atoms with E-state index in [1.54, 1.807) is 11.3 Å². The van der Waals surface area contributed by atoms with Crippen LogP contribution in [-0.4, -0.2) is 29.8 Å². The van der Waals surface area contributed by atoms with E-state index in [2.05, 4.69) is 29.5 Å². The SMILES string of the molecule is CCOC1CC(NC(=O)NC(C)c2nc(C)cs2)C1(C)C. The first-order chi connectivity index (χ1) is 9.84. The molecule has 21 heavy (non-hydrogen) atoms. The fraction of sp³-hybridized carbons (Fsp3) is 0.733. The second-order valence-electron chi connectivity index (χ2n) is 6.22. The Kier molecular flexibility index (Phi) is 4.88. The molecule has 1 aromatic rings. The number of nitrogens with zero attached hydrogens (tertiary/aromatic N) is 1. The van der Waals surface area contributed by atoms with Crippen molar-refractivity contribution in [3.8, 4) is 0 Å². The number of hydrogen-bond donors (Lipinski definition) is 2. The van der Waals surface area contributed by atoms with Crippen LogP contribution in [-0.2, 0) is 4.74 Å². The van der Waals surface area contributed by atoms with Crippen molar-refractivity contribution in [2.45, 2.75) is 59.2 Å². The van der Waals surface area contributed by atoms with Crippen LogP contribution in [0.25, 0.3) is 0 Å². The molecule has 1 aromatic heterocycles. The predicted molar refractivity (Wildman–Crippen MR) is 84.5 cm³/mol. The lowest BCUT2D eigenvalue weighted by Gasteiger charge is -2.51. The average Bonchev–Trinajstić information content (AvgIpc) is 2.84. The smallest absolute Gasteiger partial charge is 0.315 e. The Morgan fingerprint density at radius 1 is 1.62 bits per heavy atom. The van der Waals surface area contributed by atoms with E-state index < -0.39 is 0 Å². The van der Waals surface area contributed by atoms with E-state index in [4.69, 9.17) is 4.74 Å². The molecule has 1 fully saturated rings. The van der Waals surface area contributed by atoms with Gasteiger partial charge < -0.3 is 15.4 Å². The third-order valence-corrected chi connectivity index (χ3v) is 5.35. The quantitative estimate of drug-likeness (QED) is 0.878. The number of thiazole rings is 1. The molecule has 2 amide bonds. The van der Waals surface area contributed by atoms with Gasteiger partial charge in [-0.3, -0.25) is 0 Å². The second kappa shape index (κ2) is 6.32. The molecular formula is C15H25N3O2S. The lowest BCUT2D eigenvalue weighted by molar-refractivity contribution is -0.110. The van der Waals surface area contributed by atoms with Gasteiger partial charge >= 0.3 is 6.03 Å². The minimum absolute atomic E-state index is 0.0195. The normalized spacial score (nSPS) is 25.0. The van der Waals surface area contributed by atoms with Gasteiger partial charge in [-0.25, -0.2) is 9.78 Å². The maximum absolute atomic E-state index is 12.1. The van der Waals surface area contributed by atoms with E-state index in [-0.39, 0.29) is 29.6 Å². The summed E-state index contributed by atoms with van der Waals surface area (Å²) in [5.74, 6) is 0. The van der Waals surface area contributed by atoms with Gasteiger partial charge in [-0.2, -0.15) is 0 Å². The van der Waals surface area contributed by atoms with Crippen molar-refractivity contribution in [2.24, 2.45) is 5.41 Å². The van der Waals surface area contributed by atoms with Gasteiger partial charge in [-0.05, 0) is 27.2 Å². The van der Waals surface area contributed by atoms with Crippen molar-refractivity contribution in [3.63, 3.8) is 0 Å². The molecule has 3 atom stereocenters. The molecule has 2 N–H and O–H groups in total. The van der Waals surface area contributed by atoms with E-state index in [1.807, 2.05) is 26.2 Å². The zero-order valence-corrected chi connectivity index (χ0v) is 14.2. The second-order valence-corrected chi connectivity index (χ2v) is 7.11. The Hall–Kier alpha value is -1.14. The number of carbonyl (C=O) groups is 1. The average molecular weight is 311 g/mol. The molecule has 1 aliphatic carbocycles. The van der Waals surface area contributed by atoms with Crippen molar-refractivity contribution >= 4 is 17.4 Å². The first kappa shape index (κ1) is 16.2. The number of aromatic nitrogens is 1. The van der Waals surface area contributed by atoms with Crippen LogP contribution in [0.5, 0.6) is 0 Å². The fourth-order valence-corrected chi connectivity index (χ4v) is 3.45. The molecule has 0 saturated heterocycles. The first-order valence-electron chi connectivity index (χ1n) is 7.45. The van der Waals surface area contributed by atoms with Gasteiger partial charge in [0, 0.05) is 29.1 Å². The monoisotopic (exact) mass is 311 g/mol. The highest BCUT2D eigenvalue weighted by Gasteiger charge is 2.49. The molecule has 2 rings (SSSR count). The van der Waals surface area contributed by atoms with Gasteiger partial charge in [-0.1, -0.05) is 13.8 Å². The number of urea groups is 1. The van der Waals surface area contributed by atoms with E-state index >= 15 is 0 Å². The summed E-state index contributed by atoms with van der Waals surface area (Å²) in [5.41, 5.74) is 0.970. The highest BCUT2D eigenvalue weighted by Crippen LogP contribution is 2.42. The molecule has 118 valence electrons. The maximum atomic E-state index is 12.1. The number of rotatable bonds is 5. The minimum atomic E-state index is -0.136. The topological polar surface area (TPSA) is 63.2 Å². The van der Waals surface area contributed by atoms with E-state index in [9.17, 15) is 4.79 Å². The lowest BCUT2D eigenvalue weighted by Crippen LogP contribution is -2.63.